The van der Waals surface area contributed by atoms with E-state index in [2.05, 4.69) is 24.9 Å². The van der Waals surface area contributed by atoms with Crippen LogP contribution in [0.3, 0.4) is 0 Å². The lowest BCUT2D eigenvalue weighted by molar-refractivity contribution is -0.139. The predicted octanol–water partition coefficient (Wildman–Crippen LogP) is 2.72. The summed E-state index contributed by atoms with van der Waals surface area (Å²) in [7, 11) is 0. The van der Waals surface area contributed by atoms with E-state index in [9.17, 15) is 18.0 Å². The fraction of sp³-hybridized carbons (Fsp3) is 0.353. The molecular weight excluding hydrogens is 411 g/mol. The van der Waals surface area contributed by atoms with Crippen LogP contribution in [0.4, 0.5) is 19.1 Å². The van der Waals surface area contributed by atoms with Gasteiger partial charge in [0, 0.05) is 29.9 Å². The molecule has 0 unspecified atom stereocenters. The summed E-state index contributed by atoms with van der Waals surface area (Å²) in [5.41, 5.74) is 1.26. The summed E-state index contributed by atoms with van der Waals surface area (Å²) in [6.07, 6.45) is 1.08. The first kappa shape index (κ1) is 19.4. The van der Waals surface area contributed by atoms with Gasteiger partial charge in [-0.05, 0) is 18.9 Å². The number of rotatable bonds is 4. The Morgan fingerprint density at radius 2 is 2.17 bits per heavy atom. The first-order chi connectivity index (χ1) is 13.8. The van der Waals surface area contributed by atoms with E-state index in [1.54, 1.807) is 17.2 Å². The fourth-order valence-corrected chi connectivity index (χ4v) is 3.46. The maximum absolute atomic E-state index is 12.4. The van der Waals surface area contributed by atoms with Gasteiger partial charge >= 0.3 is 6.18 Å². The van der Waals surface area contributed by atoms with E-state index in [0.717, 1.165) is 5.39 Å². The van der Waals surface area contributed by atoms with Gasteiger partial charge in [-0.3, -0.25) is 4.79 Å². The number of nitrogens with zero attached hydrogens (tertiary/aromatic N) is 5. The fourth-order valence-electron chi connectivity index (χ4n) is 3.30. The maximum Gasteiger partial charge on any atom is 0.405 e. The summed E-state index contributed by atoms with van der Waals surface area (Å²) < 4.78 is 37.2. The Labute approximate surface area is 167 Å². The Kier molecular flexibility index (Phi) is 4.99. The topological polar surface area (TPSA) is 99.7 Å². The second-order valence-electron chi connectivity index (χ2n) is 6.55. The molecule has 2 N–H and O–H groups in total. The van der Waals surface area contributed by atoms with Crippen LogP contribution in [0.1, 0.15) is 12.8 Å². The maximum atomic E-state index is 12.4. The van der Waals surface area contributed by atoms with Crippen LogP contribution in [0.15, 0.2) is 24.8 Å². The molecule has 1 atom stereocenters. The summed E-state index contributed by atoms with van der Waals surface area (Å²) in [6, 6.07) is 0.953. The van der Waals surface area contributed by atoms with Crippen LogP contribution in [-0.2, 0) is 4.79 Å². The highest BCUT2D eigenvalue weighted by Gasteiger charge is 2.35. The molecule has 12 heteroatoms. The predicted molar refractivity (Wildman–Crippen MR) is 99.4 cm³/mol. The molecule has 0 spiro atoms. The van der Waals surface area contributed by atoms with Crippen molar-refractivity contribution in [1.29, 1.82) is 0 Å². The van der Waals surface area contributed by atoms with E-state index in [1.807, 2.05) is 5.32 Å². The van der Waals surface area contributed by atoms with Crippen LogP contribution in [0.2, 0.25) is 5.02 Å². The van der Waals surface area contributed by atoms with Crippen LogP contribution in [0, 0.1) is 0 Å². The van der Waals surface area contributed by atoms with Gasteiger partial charge in [-0.1, -0.05) is 11.6 Å². The summed E-state index contributed by atoms with van der Waals surface area (Å²) in [4.78, 5) is 33.8. The number of fused-ring (bicyclic) bond motifs is 1. The normalized spacial score (nSPS) is 17.1. The molecule has 4 rings (SSSR count). The van der Waals surface area contributed by atoms with E-state index in [-0.39, 0.29) is 5.95 Å². The molecule has 0 saturated carbocycles. The second-order valence-corrected chi connectivity index (χ2v) is 6.98. The Morgan fingerprint density at radius 3 is 2.97 bits per heavy atom. The van der Waals surface area contributed by atoms with E-state index < -0.39 is 24.7 Å². The van der Waals surface area contributed by atoms with Crippen LogP contribution in [-0.4, -0.2) is 56.1 Å². The number of amides is 1. The number of alkyl halides is 3. The van der Waals surface area contributed by atoms with E-state index in [4.69, 9.17) is 11.6 Å². The molecule has 152 valence electrons. The van der Waals surface area contributed by atoms with Gasteiger partial charge in [0.05, 0.1) is 5.02 Å². The molecule has 1 amide bonds. The van der Waals surface area contributed by atoms with Gasteiger partial charge < -0.3 is 15.2 Å². The molecule has 3 aromatic rings. The monoisotopic (exact) mass is 425 g/mol. The number of aromatic nitrogens is 5. The molecule has 4 heterocycles. The van der Waals surface area contributed by atoms with E-state index in [1.165, 1.54) is 12.5 Å². The van der Waals surface area contributed by atoms with Gasteiger partial charge in [-0.25, -0.2) is 15.0 Å². The average Bonchev–Trinajstić information content (AvgIpc) is 3.32. The van der Waals surface area contributed by atoms with Crippen LogP contribution in [0.25, 0.3) is 22.4 Å². The van der Waals surface area contributed by atoms with E-state index >= 15 is 0 Å². The minimum atomic E-state index is -4.47. The molecule has 0 aliphatic carbocycles. The molecular formula is C17H15ClF3N7O. The molecule has 29 heavy (non-hydrogen) atoms. The van der Waals surface area contributed by atoms with Gasteiger partial charge in [0.25, 0.3) is 0 Å². The number of hydrogen-bond acceptors (Lipinski definition) is 6. The SMILES string of the molecule is O=C(NCC(F)(F)F)[C@H]1CCCN1c1ncnc(-c2c[nH]c3ncc(Cl)cc23)n1. The third-order valence-corrected chi connectivity index (χ3v) is 4.78. The highest BCUT2D eigenvalue weighted by molar-refractivity contribution is 6.31. The number of pyridine rings is 1. The first-order valence-corrected chi connectivity index (χ1v) is 9.13. The largest absolute Gasteiger partial charge is 0.405 e. The molecule has 0 aromatic carbocycles. The number of carbonyl (C=O) groups excluding carboxylic acids is 1. The summed E-state index contributed by atoms with van der Waals surface area (Å²) >= 11 is 6.02. The average molecular weight is 426 g/mol. The van der Waals surface area contributed by atoms with Crippen molar-refractivity contribution in [1.82, 2.24) is 30.2 Å². The van der Waals surface area contributed by atoms with E-state index in [0.29, 0.717) is 41.4 Å². The standard InChI is InChI=1S/C17H15ClF3N7O/c18-9-4-10-11(6-23-13(10)22-5-9)14-25-8-26-16(27-14)28-3-1-2-12(28)15(29)24-7-17(19,20)21/h4-6,8,12H,1-3,7H2,(H,22,23)(H,24,29)/t12-/m1/s1. The van der Waals surface area contributed by atoms with Crippen molar-refractivity contribution in [3.8, 4) is 11.4 Å². The number of H-pyrrole nitrogens is 1. The lowest BCUT2D eigenvalue weighted by Crippen LogP contribution is -2.46. The highest BCUT2D eigenvalue weighted by Crippen LogP contribution is 2.29. The molecule has 1 aliphatic rings. The Bertz CT molecular complexity index is 1050. The summed E-state index contributed by atoms with van der Waals surface area (Å²) in [5, 5.41) is 3.10. The van der Waals surface area contributed by atoms with Crippen molar-refractivity contribution in [2.75, 3.05) is 18.0 Å². The zero-order valence-corrected chi connectivity index (χ0v) is 15.6. The lowest BCUT2D eigenvalue weighted by Gasteiger charge is -2.24. The molecule has 0 bridgehead atoms. The second kappa shape index (κ2) is 7.47. The molecule has 0 radical (unpaired) electrons. The van der Waals surface area contributed by atoms with Gasteiger partial charge in [0.15, 0.2) is 5.82 Å². The highest BCUT2D eigenvalue weighted by atomic mass is 35.5. The number of carbonyl (C=O) groups is 1. The minimum absolute atomic E-state index is 0.226. The third-order valence-electron chi connectivity index (χ3n) is 4.57. The molecule has 1 saturated heterocycles. The zero-order valence-electron chi connectivity index (χ0n) is 14.9. The van der Waals surface area contributed by atoms with Crippen molar-refractivity contribution in [2.24, 2.45) is 0 Å². The van der Waals surface area contributed by atoms with Crippen molar-refractivity contribution < 1.29 is 18.0 Å². The zero-order chi connectivity index (χ0) is 20.6. The Morgan fingerprint density at radius 1 is 1.34 bits per heavy atom. The summed E-state index contributed by atoms with van der Waals surface area (Å²) in [5.74, 6) is -0.138. The smallest absolute Gasteiger partial charge is 0.345 e. The molecule has 1 fully saturated rings. The van der Waals surface area contributed by atoms with Crippen LogP contribution >= 0.6 is 11.6 Å². The molecule has 1 aliphatic heterocycles. The lowest BCUT2D eigenvalue weighted by atomic mass is 10.2. The summed E-state index contributed by atoms with van der Waals surface area (Å²) in [6.45, 7) is -0.920. The van der Waals surface area contributed by atoms with Crippen molar-refractivity contribution in [3.05, 3.63) is 29.8 Å². The number of hydrogen-bond donors (Lipinski definition) is 2. The van der Waals surface area contributed by atoms with Crippen molar-refractivity contribution in [2.45, 2.75) is 25.1 Å². The van der Waals surface area contributed by atoms with Crippen LogP contribution in [0.5, 0.6) is 0 Å². The van der Waals surface area contributed by atoms with Crippen molar-refractivity contribution in [3.63, 3.8) is 0 Å². The molecule has 8 nitrogen and oxygen atoms in total. The first-order valence-electron chi connectivity index (χ1n) is 8.75. The van der Waals surface area contributed by atoms with Gasteiger partial charge in [-0.15, -0.1) is 0 Å². The van der Waals surface area contributed by atoms with Crippen molar-refractivity contribution >= 4 is 34.5 Å². The number of aromatic amines is 1. The quantitative estimate of drug-likeness (QED) is 0.666. The number of anilines is 1. The number of nitrogens with one attached hydrogen (secondary N) is 2. The van der Waals surface area contributed by atoms with Gasteiger partial charge in [0.2, 0.25) is 11.9 Å². The minimum Gasteiger partial charge on any atom is -0.345 e. The Balaban J connectivity index is 1.61. The van der Waals surface area contributed by atoms with Crippen LogP contribution < -0.4 is 10.2 Å². The van der Waals surface area contributed by atoms with Gasteiger partial charge in [0.1, 0.15) is 24.6 Å². The third kappa shape index (κ3) is 4.09. The Hall–Kier alpha value is -2.95. The number of halogens is 4. The molecule has 3 aromatic heterocycles. The van der Waals surface area contributed by atoms with Gasteiger partial charge in [-0.2, -0.15) is 18.2 Å².